The molecule has 1 unspecified atom stereocenters. The number of halogens is 2. The molecule has 2 heterocycles. The van der Waals surface area contributed by atoms with Gasteiger partial charge in [0.2, 0.25) is 5.78 Å². The number of aromatic nitrogens is 1. The van der Waals surface area contributed by atoms with Crippen molar-refractivity contribution >= 4 is 46.0 Å². The van der Waals surface area contributed by atoms with E-state index in [0.717, 1.165) is 11.6 Å². The number of rotatable bonds is 4. The first-order valence-corrected chi connectivity index (χ1v) is 11.0. The second-order valence-electron chi connectivity index (χ2n) is 7.03. The van der Waals surface area contributed by atoms with Crippen LogP contribution in [0.3, 0.4) is 0 Å². The van der Waals surface area contributed by atoms with Crippen LogP contribution in [0.15, 0.2) is 65.8 Å². The summed E-state index contributed by atoms with van der Waals surface area (Å²) in [5.41, 5.74) is 2.16. The summed E-state index contributed by atoms with van der Waals surface area (Å²) in [7, 11) is -0.207. The first-order chi connectivity index (χ1) is 15.3. The number of nitrogens with one attached hydrogen (secondary N) is 1. The lowest BCUT2D eigenvalue weighted by atomic mass is 10.0. The first kappa shape index (κ1) is 21.9. The highest BCUT2D eigenvalue weighted by atomic mass is 35.5. The van der Waals surface area contributed by atoms with E-state index in [1.54, 1.807) is 37.6 Å². The molecule has 0 spiro atoms. The van der Waals surface area contributed by atoms with E-state index in [9.17, 15) is 18.2 Å². The molecule has 0 radical (unpaired) electrons. The van der Waals surface area contributed by atoms with Crippen molar-refractivity contribution < 1.29 is 18.2 Å². The smallest absolute Gasteiger partial charge is 0.251 e. The highest BCUT2D eigenvalue weighted by Crippen LogP contribution is 2.33. The lowest BCUT2D eigenvalue weighted by Gasteiger charge is -2.27. The number of anilines is 1. The van der Waals surface area contributed by atoms with Gasteiger partial charge in [0.1, 0.15) is 10.7 Å². The van der Waals surface area contributed by atoms with Crippen molar-refractivity contribution in [1.29, 1.82) is 0 Å². The molecule has 0 fully saturated rings. The van der Waals surface area contributed by atoms with Crippen LogP contribution < -0.4 is 9.62 Å². The minimum Gasteiger partial charge on any atom is -0.348 e. The molecule has 4 rings (SSSR count). The van der Waals surface area contributed by atoms with Gasteiger partial charge < -0.3 is 5.32 Å². The van der Waals surface area contributed by atoms with Gasteiger partial charge in [0, 0.05) is 37.1 Å². The molecule has 0 bridgehead atoms. The lowest BCUT2D eigenvalue weighted by Crippen LogP contribution is -2.32. The molecule has 0 aliphatic carbocycles. The molecule has 1 N–H and O–H groups in total. The van der Waals surface area contributed by atoms with Crippen LogP contribution in [0.25, 0.3) is 6.08 Å². The van der Waals surface area contributed by atoms with Crippen LogP contribution in [0, 0.1) is 5.82 Å². The number of allylic oxidation sites excluding steroid dienone is 1. The van der Waals surface area contributed by atoms with Crippen molar-refractivity contribution in [3.05, 3.63) is 98.9 Å². The maximum Gasteiger partial charge on any atom is 0.251 e. The number of ketones is 1. The van der Waals surface area contributed by atoms with Gasteiger partial charge in [-0.15, -0.1) is 0 Å². The number of fused-ring (bicyclic) bond motifs is 1. The number of hydrogen-bond donors (Lipinski definition) is 1. The predicted octanol–water partition coefficient (Wildman–Crippen LogP) is 4.14. The summed E-state index contributed by atoms with van der Waals surface area (Å²) in [4.78, 5) is 29.7. The summed E-state index contributed by atoms with van der Waals surface area (Å²) in [5, 5.41) is 2.74. The number of nitrogens with zero attached hydrogens (tertiary/aromatic N) is 2. The zero-order valence-corrected chi connectivity index (χ0v) is 18.4. The van der Waals surface area contributed by atoms with Gasteiger partial charge in [0.05, 0.1) is 10.7 Å². The molecule has 3 aromatic rings. The van der Waals surface area contributed by atoms with Crippen LogP contribution in [0.5, 0.6) is 0 Å². The fourth-order valence-corrected chi connectivity index (χ4v) is 4.50. The van der Waals surface area contributed by atoms with Gasteiger partial charge in [0.15, 0.2) is 11.0 Å². The molecule has 9 heteroatoms. The van der Waals surface area contributed by atoms with E-state index in [-0.39, 0.29) is 27.9 Å². The molecule has 1 atom stereocenters. The maximum absolute atomic E-state index is 13.8. The molecule has 32 heavy (non-hydrogen) atoms. The molecule has 6 nitrogen and oxygen atoms in total. The van der Waals surface area contributed by atoms with Crippen molar-refractivity contribution in [2.45, 2.75) is 6.54 Å². The summed E-state index contributed by atoms with van der Waals surface area (Å²) < 4.78 is 28.1. The van der Waals surface area contributed by atoms with E-state index in [1.807, 2.05) is 6.07 Å². The Labute approximate surface area is 191 Å². The normalized spacial score (nSPS) is 16.7. The quantitative estimate of drug-likeness (QED) is 0.582. The summed E-state index contributed by atoms with van der Waals surface area (Å²) >= 11 is 5.71. The van der Waals surface area contributed by atoms with E-state index < -0.39 is 22.6 Å². The Hall–Kier alpha value is -3.36. The van der Waals surface area contributed by atoms with Gasteiger partial charge in [-0.2, -0.15) is 0 Å². The van der Waals surface area contributed by atoms with Gasteiger partial charge in [-0.1, -0.05) is 23.7 Å². The van der Waals surface area contributed by atoms with E-state index >= 15 is 0 Å². The zero-order chi connectivity index (χ0) is 22.8. The molecular weight excluding hydrogens is 453 g/mol. The standard InChI is InChI=1S/C23H17ClFN3O3S/c1-28-20-7-5-16(23(30)27-13-15-3-2-8-26-12-15)11-17(20)22(29)21(32(28)31)10-14-4-6-18(24)19(25)9-14/h2-12H,13H2,1H3,(H,27,30)/b21-10+. The number of carbonyl (C=O) groups is 2. The number of carbonyl (C=O) groups excluding carboxylic acids is 2. The van der Waals surface area contributed by atoms with Crippen molar-refractivity contribution in [2.24, 2.45) is 0 Å². The Kier molecular flexibility index (Phi) is 6.16. The van der Waals surface area contributed by atoms with E-state index in [0.29, 0.717) is 16.8 Å². The topological polar surface area (TPSA) is 79.4 Å². The average molecular weight is 470 g/mol. The lowest BCUT2D eigenvalue weighted by molar-refractivity contribution is 0.0951. The zero-order valence-electron chi connectivity index (χ0n) is 16.8. The minimum absolute atomic E-state index is 0.0189. The summed E-state index contributed by atoms with van der Waals surface area (Å²) in [6.07, 6.45) is 4.66. The van der Waals surface area contributed by atoms with Crippen LogP contribution in [-0.2, 0) is 17.5 Å². The van der Waals surface area contributed by atoms with Gasteiger partial charge >= 0.3 is 0 Å². The minimum atomic E-state index is -1.79. The van der Waals surface area contributed by atoms with Gasteiger partial charge in [-0.25, -0.2) is 8.60 Å². The van der Waals surface area contributed by atoms with Crippen LogP contribution in [-0.4, -0.2) is 27.9 Å². The highest BCUT2D eigenvalue weighted by Gasteiger charge is 2.32. The third-order valence-electron chi connectivity index (χ3n) is 4.92. The first-order valence-electron chi connectivity index (χ1n) is 9.53. The van der Waals surface area contributed by atoms with Gasteiger partial charge in [0.25, 0.3) is 5.91 Å². The third kappa shape index (κ3) is 4.32. The third-order valence-corrected chi connectivity index (χ3v) is 6.60. The fourth-order valence-electron chi connectivity index (χ4n) is 3.24. The monoisotopic (exact) mass is 469 g/mol. The fraction of sp³-hybridized carbons (Fsp3) is 0.0870. The summed E-state index contributed by atoms with van der Waals surface area (Å²) in [6.45, 7) is 0.287. The number of benzene rings is 2. The number of Topliss-reactive ketones (excluding diaryl/α,β-unsaturated/α-hetero) is 1. The van der Waals surface area contributed by atoms with Crippen LogP contribution in [0.1, 0.15) is 31.8 Å². The van der Waals surface area contributed by atoms with Crippen LogP contribution in [0.2, 0.25) is 5.02 Å². The largest absolute Gasteiger partial charge is 0.348 e. The molecular formula is C23H17ClFN3O3S. The summed E-state index contributed by atoms with van der Waals surface area (Å²) in [6, 6.07) is 12.3. The Bertz CT molecular complexity index is 1280. The second-order valence-corrected chi connectivity index (χ2v) is 8.93. The van der Waals surface area contributed by atoms with Crippen LogP contribution in [0.4, 0.5) is 10.1 Å². The average Bonchev–Trinajstić information content (AvgIpc) is 2.81. The molecule has 1 amide bonds. The highest BCUT2D eigenvalue weighted by molar-refractivity contribution is 7.91. The molecule has 1 aliphatic rings. The van der Waals surface area contributed by atoms with Crippen molar-refractivity contribution in [3.8, 4) is 0 Å². The summed E-state index contributed by atoms with van der Waals surface area (Å²) in [5.74, 6) is -1.49. The van der Waals surface area contributed by atoms with Crippen molar-refractivity contribution in [1.82, 2.24) is 10.3 Å². The molecule has 0 saturated heterocycles. The number of hydrogen-bond acceptors (Lipinski definition) is 4. The molecule has 1 aromatic heterocycles. The molecule has 1 aliphatic heterocycles. The maximum atomic E-state index is 13.8. The molecule has 2 aromatic carbocycles. The molecule has 162 valence electrons. The SMILES string of the molecule is CN1c2ccc(C(=O)NCc3cccnc3)cc2C(=O)/C(=C\c2ccc(Cl)c(F)c2)S1=O. The van der Waals surface area contributed by atoms with Crippen molar-refractivity contribution in [3.63, 3.8) is 0 Å². The number of pyridine rings is 1. The van der Waals surface area contributed by atoms with E-state index in [2.05, 4.69) is 10.3 Å². The van der Waals surface area contributed by atoms with Crippen molar-refractivity contribution in [2.75, 3.05) is 11.4 Å². The van der Waals surface area contributed by atoms with E-state index in [1.165, 1.54) is 28.6 Å². The molecule has 0 saturated carbocycles. The van der Waals surface area contributed by atoms with Gasteiger partial charge in [-0.3, -0.25) is 18.9 Å². The Morgan fingerprint density at radius 3 is 2.78 bits per heavy atom. The van der Waals surface area contributed by atoms with E-state index in [4.69, 9.17) is 11.6 Å². The number of amides is 1. The second kappa shape index (κ2) is 9.02. The Morgan fingerprint density at radius 1 is 1.25 bits per heavy atom. The van der Waals surface area contributed by atoms with Gasteiger partial charge in [-0.05, 0) is 53.6 Å². The Morgan fingerprint density at radius 2 is 2.06 bits per heavy atom. The van der Waals surface area contributed by atoms with Crippen LogP contribution >= 0.6 is 11.6 Å². The Balaban J connectivity index is 1.64. The predicted molar refractivity (Wildman–Crippen MR) is 122 cm³/mol.